The number of nitrogens with one attached hydrogen (secondary N) is 2. The Morgan fingerprint density at radius 1 is 1.53 bits per heavy atom. The second-order valence-electron chi connectivity index (χ2n) is 5.10. The molecule has 1 aliphatic heterocycles. The number of fused-ring (bicyclic) bond motifs is 1. The van der Waals surface area contributed by atoms with Gasteiger partial charge in [0.25, 0.3) is 0 Å². The summed E-state index contributed by atoms with van der Waals surface area (Å²) in [5.41, 5.74) is 3.68. The molecule has 1 fully saturated rings. The van der Waals surface area contributed by atoms with Gasteiger partial charge in [-0.25, -0.2) is 4.98 Å². The van der Waals surface area contributed by atoms with Gasteiger partial charge in [-0.2, -0.15) is 0 Å². The topological polar surface area (TPSA) is 54.0 Å². The Kier molecular flexibility index (Phi) is 3.48. The first-order valence-electron chi connectivity index (χ1n) is 6.60. The van der Waals surface area contributed by atoms with Crippen molar-refractivity contribution in [2.45, 2.75) is 25.8 Å². The normalized spacial score (nSPS) is 23.4. The lowest BCUT2D eigenvalue weighted by molar-refractivity contribution is -0.120. The van der Waals surface area contributed by atoms with Crippen LogP contribution in [0.25, 0.3) is 10.2 Å². The molecule has 2 aromatic rings. The summed E-state index contributed by atoms with van der Waals surface area (Å²) < 4.78 is 1.11. The fourth-order valence-corrected chi connectivity index (χ4v) is 3.26. The fourth-order valence-electron chi connectivity index (χ4n) is 2.55. The fraction of sp³-hybridized carbons (Fsp3) is 0.429. The molecular formula is C14H17N3OS. The molecule has 1 saturated heterocycles. The van der Waals surface area contributed by atoms with Gasteiger partial charge in [-0.15, -0.1) is 11.3 Å². The highest BCUT2D eigenvalue weighted by molar-refractivity contribution is 7.16. The van der Waals surface area contributed by atoms with Crippen LogP contribution in [0, 0.1) is 5.92 Å². The van der Waals surface area contributed by atoms with E-state index in [0.717, 1.165) is 35.3 Å². The molecule has 1 aliphatic rings. The summed E-state index contributed by atoms with van der Waals surface area (Å²) >= 11 is 1.59. The number of hydrogen-bond donors (Lipinski definition) is 2. The van der Waals surface area contributed by atoms with E-state index in [0.29, 0.717) is 6.04 Å². The summed E-state index contributed by atoms with van der Waals surface area (Å²) in [5, 5.41) is 6.39. The number of carbonyl (C=O) groups excluding carboxylic acids is 1. The average molecular weight is 275 g/mol. The highest BCUT2D eigenvalue weighted by atomic mass is 32.1. The summed E-state index contributed by atoms with van der Waals surface area (Å²) in [6.45, 7) is 3.05. The summed E-state index contributed by atoms with van der Waals surface area (Å²) in [7, 11) is 0. The average Bonchev–Trinajstić information content (AvgIpc) is 2.86. The van der Waals surface area contributed by atoms with Gasteiger partial charge in [0.05, 0.1) is 15.7 Å². The number of amides is 1. The van der Waals surface area contributed by atoms with Gasteiger partial charge in [0.2, 0.25) is 5.91 Å². The van der Waals surface area contributed by atoms with Crippen LogP contribution in [0.5, 0.6) is 0 Å². The summed E-state index contributed by atoms with van der Waals surface area (Å²) in [4.78, 5) is 16.5. The molecule has 3 rings (SSSR count). The molecule has 0 bridgehead atoms. The number of hydrogen-bond acceptors (Lipinski definition) is 4. The largest absolute Gasteiger partial charge is 0.326 e. The number of rotatable bonds is 2. The lowest BCUT2D eigenvalue weighted by Crippen LogP contribution is -2.40. The van der Waals surface area contributed by atoms with Gasteiger partial charge in [0, 0.05) is 17.6 Å². The Labute approximate surface area is 116 Å². The van der Waals surface area contributed by atoms with Gasteiger partial charge in [-0.3, -0.25) is 4.79 Å². The minimum Gasteiger partial charge on any atom is -0.326 e. The molecule has 4 nitrogen and oxygen atoms in total. The van der Waals surface area contributed by atoms with Crippen LogP contribution in [0.1, 0.15) is 19.8 Å². The third-order valence-corrected chi connectivity index (χ3v) is 4.39. The number of anilines is 1. The first-order chi connectivity index (χ1) is 9.22. The molecule has 100 valence electrons. The summed E-state index contributed by atoms with van der Waals surface area (Å²) in [6, 6.07) is 6.29. The van der Waals surface area contributed by atoms with E-state index in [1.165, 1.54) is 0 Å². The van der Waals surface area contributed by atoms with Crippen LogP contribution in [0.4, 0.5) is 5.69 Å². The number of aromatic nitrogens is 1. The molecular weight excluding hydrogens is 258 g/mol. The van der Waals surface area contributed by atoms with E-state index in [4.69, 9.17) is 0 Å². The number of piperidine rings is 1. The van der Waals surface area contributed by atoms with Gasteiger partial charge < -0.3 is 10.6 Å². The first-order valence-corrected chi connectivity index (χ1v) is 7.48. The van der Waals surface area contributed by atoms with Gasteiger partial charge in [0.15, 0.2) is 0 Å². The highest BCUT2D eigenvalue weighted by Crippen LogP contribution is 2.23. The molecule has 2 heterocycles. The molecule has 19 heavy (non-hydrogen) atoms. The second-order valence-corrected chi connectivity index (χ2v) is 5.99. The molecule has 2 atom stereocenters. The minimum absolute atomic E-state index is 0.119. The van der Waals surface area contributed by atoms with Crippen molar-refractivity contribution < 1.29 is 4.79 Å². The van der Waals surface area contributed by atoms with E-state index in [9.17, 15) is 4.79 Å². The van der Waals surface area contributed by atoms with Crippen LogP contribution >= 0.6 is 11.3 Å². The molecule has 2 unspecified atom stereocenters. The van der Waals surface area contributed by atoms with E-state index in [1.807, 2.05) is 23.7 Å². The summed E-state index contributed by atoms with van der Waals surface area (Å²) in [6.07, 6.45) is 1.83. The number of carbonyl (C=O) groups is 1. The van der Waals surface area contributed by atoms with Gasteiger partial charge >= 0.3 is 0 Å². The van der Waals surface area contributed by atoms with E-state index in [1.54, 1.807) is 11.3 Å². The predicted molar refractivity (Wildman–Crippen MR) is 78.4 cm³/mol. The number of thiazole rings is 1. The van der Waals surface area contributed by atoms with Crippen molar-refractivity contribution >= 4 is 33.1 Å². The third kappa shape index (κ3) is 2.77. The van der Waals surface area contributed by atoms with Crippen molar-refractivity contribution in [1.82, 2.24) is 10.3 Å². The molecule has 5 heteroatoms. The SMILES string of the molecule is CC1CC(C(=O)Nc2ccc3ncsc3c2)CCN1. The van der Waals surface area contributed by atoms with E-state index in [2.05, 4.69) is 22.5 Å². The third-order valence-electron chi connectivity index (χ3n) is 3.59. The molecule has 1 aromatic heterocycles. The van der Waals surface area contributed by atoms with Crippen LogP contribution in [0.15, 0.2) is 23.7 Å². The molecule has 0 saturated carbocycles. The van der Waals surface area contributed by atoms with E-state index >= 15 is 0 Å². The highest BCUT2D eigenvalue weighted by Gasteiger charge is 2.24. The minimum atomic E-state index is 0.119. The van der Waals surface area contributed by atoms with E-state index < -0.39 is 0 Å². The zero-order valence-electron chi connectivity index (χ0n) is 10.8. The van der Waals surface area contributed by atoms with Crippen LogP contribution < -0.4 is 10.6 Å². The standard InChI is InChI=1S/C14H17N3OS/c1-9-6-10(4-5-15-9)14(18)17-11-2-3-12-13(7-11)19-8-16-12/h2-3,7-10,15H,4-6H2,1H3,(H,17,18). The maximum absolute atomic E-state index is 12.2. The Hall–Kier alpha value is -1.46. The van der Waals surface area contributed by atoms with Crippen LogP contribution in [-0.2, 0) is 4.79 Å². The smallest absolute Gasteiger partial charge is 0.227 e. The first kappa shape index (κ1) is 12.6. The van der Waals surface area contributed by atoms with E-state index in [-0.39, 0.29) is 11.8 Å². The molecule has 1 amide bonds. The molecule has 2 N–H and O–H groups in total. The molecule has 0 aliphatic carbocycles. The summed E-state index contributed by atoms with van der Waals surface area (Å²) in [5.74, 6) is 0.255. The number of nitrogens with zero attached hydrogens (tertiary/aromatic N) is 1. The zero-order valence-corrected chi connectivity index (χ0v) is 11.7. The van der Waals surface area contributed by atoms with Crippen molar-refractivity contribution in [2.24, 2.45) is 5.92 Å². The van der Waals surface area contributed by atoms with Crippen LogP contribution in [0.2, 0.25) is 0 Å². The van der Waals surface area contributed by atoms with Crippen molar-refractivity contribution in [3.05, 3.63) is 23.7 Å². The molecule has 0 spiro atoms. The Morgan fingerprint density at radius 2 is 2.42 bits per heavy atom. The van der Waals surface area contributed by atoms with Crippen molar-refractivity contribution in [1.29, 1.82) is 0 Å². The lowest BCUT2D eigenvalue weighted by atomic mass is 9.92. The van der Waals surface area contributed by atoms with Crippen molar-refractivity contribution in [3.63, 3.8) is 0 Å². The molecule has 1 aromatic carbocycles. The van der Waals surface area contributed by atoms with Gasteiger partial charge in [-0.05, 0) is 44.5 Å². The van der Waals surface area contributed by atoms with Crippen LogP contribution in [-0.4, -0.2) is 23.5 Å². The van der Waals surface area contributed by atoms with Gasteiger partial charge in [0.1, 0.15) is 0 Å². The Bertz CT molecular complexity index is 595. The zero-order chi connectivity index (χ0) is 13.2. The quantitative estimate of drug-likeness (QED) is 0.886. The Morgan fingerprint density at radius 3 is 3.26 bits per heavy atom. The van der Waals surface area contributed by atoms with Crippen LogP contribution in [0.3, 0.4) is 0 Å². The van der Waals surface area contributed by atoms with Crippen molar-refractivity contribution in [3.8, 4) is 0 Å². The second kappa shape index (κ2) is 5.27. The number of benzene rings is 1. The Balaban J connectivity index is 1.71. The lowest BCUT2D eigenvalue weighted by Gasteiger charge is -2.27. The maximum Gasteiger partial charge on any atom is 0.227 e. The predicted octanol–water partition coefficient (Wildman–Crippen LogP) is 2.62. The molecule has 0 radical (unpaired) electrons. The van der Waals surface area contributed by atoms with Gasteiger partial charge in [-0.1, -0.05) is 0 Å². The maximum atomic E-state index is 12.2. The van der Waals surface area contributed by atoms with Crippen molar-refractivity contribution in [2.75, 3.05) is 11.9 Å². The monoisotopic (exact) mass is 275 g/mol.